The Bertz CT molecular complexity index is 391. The predicted octanol–water partition coefficient (Wildman–Crippen LogP) is 1.86. The Morgan fingerprint density at radius 3 is 2.88 bits per heavy atom. The molecule has 5 heteroatoms. The van der Waals surface area contributed by atoms with Gasteiger partial charge in [-0.05, 0) is 12.8 Å². The third-order valence-electron chi connectivity index (χ3n) is 3.43. The van der Waals surface area contributed by atoms with Gasteiger partial charge < -0.3 is 4.74 Å². The number of aromatic nitrogens is 2. The summed E-state index contributed by atoms with van der Waals surface area (Å²) >= 11 is 6.28. The van der Waals surface area contributed by atoms with Crippen molar-refractivity contribution in [2.24, 2.45) is 7.05 Å². The van der Waals surface area contributed by atoms with Crippen LogP contribution >= 0.6 is 11.6 Å². The first-order valence-corrected chi connectivity index (χ1v) is 6.48. The van der Waals surface area contributed by atoms with Crippen LogP contribution in [-0.4, -0.2) is 41.0 Å². The van der Waals surface area contributed by atoms with E-state index >= 15 is 0 Å². The molecule has 0 amide bonds. The third-order valence-corrected chi connectivity index (χ3v) is 3.90. The molecule has 1 saturated heterocycles. The zero-order valence-corrected chi connectivity index (χ0v) is 11.5. The van der Waals surface area contributed by atoms with Gasteiger partial charge in [-0.2, -0.15) is 5.10 Å². The highest BCUT2D eigenvalue weighted by Gasteiger charge is 2.24. The van der Waals surface area contributed by atoms with Crippen molar-refractivity contribution in [3.8, 4) is 0 Å². The van der Waals surface area contributed by atoms with Crippen LogP contribution in [0.25, 0.3) is 0 Å². The molecule has 0 radical (unpaired) electrons. The van der Waals surface area contributed by atoms with Gasteiger partial charge >= 0.3 is 0 Å². The standard InChI is InChI=1S/C12H20ClN3O/c1-4-11-10(12(13)15(2)14-11)8-16-6-5-9(7-16)17-3/h9H,4-8H2,1-3H3/t9-/m0/s1. The first kappa shape index (κ1) is 12.9. The lowest BCUT2D eigenvalue weighted by molar-refractivity contribution is 0.107. The van der Waals surface area contributed by atoms with E-state index in [0.29, 0.717) is 6.10 Å². The number of aryl methyl sites for hydroxylation is 2. The SMILES string of the molecule is CCc1nn(C)c(Cl)c1CN1CC[C@H](OC)C1. The minimum absolute atomic E-state index is 0.371. The molecule has 0 saturated carbocycles. The van der Waals surface area contributed by atoms with Crippen molar-refractivity contribution in [2.75, 3.05) is 20.2 Å². The summed E-state index contributed by atoms with van der Waals surface area (Å²) in [4.78, 5) is 2.39. The van der Waals surface area contributed by atoms with E-state index in [1.54, 1.807) is 11.8 Å². The summed E-state index contributed by atoms with van der Waals surface area (Å²) in [6.45, 7) is 5.07. The molecular weight excluding hydrogens is 238 g/mol. The second kappa shape index (κ2) is 5.38. The van der Waals surface area contributed by atoms with Crippen LogP contribution in [0.2, 0.25) is 5.15 Å². The van der Waals surface area contributed by atoms with E-state index in [1.165, 1.54) is 5.56 Å². The number of hydrogen-bond donors (Lipinski definition) is 0. The summed E-state index contributed by atoms with van der Waals surface area (Å²) in [5, 5.41) is 5.20. The second-order valence-corrected chi connectivity index (χ2v) is 4.93. The van der Waals surface area contributed by atoms with E-state index in [2.05, 4.69) is 16.9 Å². The van der Waals surface area contributed by atoms with E-state index in [4.69, 9.17) is 16.3 Å². The minimum atomic E-state index is 0.371. The Hall–Kier alpha value is -0.580. The number of nitrogens with zero attached hydrogens (tertiary/aromatic N) is 3. The van der Waals surface area contributed by atoms with E-state index in [9.17, 15) is 0 Å². The van der Waals surface area contributed by atoms with Crippen LogP contribution in [-0.2, 0) is 24.8 Å². The van der Waals surface area contributed by atoms with Gasteiger partial charge in [-0.3, -0.25) is 9.58 Å². The molecule has 2 rings (SSSR count). The van der Waals surface area contributed by atoms with Gasteiger partial charge in [0.2, 0.25) is 0 Å². The van der Waals surface area contributed by atoms with Crippen molar-refractivity contribution in [3.63, 3.8) is 0 Å². The van der Waals surface area contributed by atoms with Gasteiger partial charge in [-0.25, -0.2) is 0 Å². The third kappa shape index (κ3) is 2.64. The van der Waals surface area contributed by atoms with Crippen LogP contribution in [0.3, 0.4) is 0 Å². The van der Waals surface area contributed by atoms with Gasteiger partial charge in [0.25, 0.3) is 0 Å². The largest absolute Gasteiger partial charge is 0.380 e. The molecule has 2 heterocycles. The lowest BCUT2D eigenvalue weighted by Gasteiger charge is -2.15. The molecule has 0 spiro atoms. The molecule has 4 nitrogen and oxygen atoms in total. The predicted molar refractivity (Wildman–Crippen MR) is 68.3 cm³/mol. The molecule has 0 N–H and O–H groups in total. The van der Waals surface area contributed by atoms with Crippen molar-refractivity contribution in [2.45, 2.75) is 32.4 Å². The van der Waals surface area contributed by atoms with Gasteiger partial charge in [-0.1, -0.05) is 18.5 Å². The normalized spacial score (nSPS) is 21.3. The smallest absolute Gasteiger partial charge is 0.131 e. The maximum absolute atomic E-state index is 6.28. The van der Waals surface area contributed by atoms with Crippen LogP contribution in [0.1, 0.15) is 24.6 Å². The second-order valence-electron chi connectivity index (χ2n) is 4.57. The van der Waals surface area contributed by atoms with Gasteiger partial charge in [0.15, 0.2) is 0 Å². The van der Waals surface area contributed by atoms with E-state index < -0.39 is 0 Å². The highest BCUT2D eigenvalue weighted by atomic mass is 35.5. The van der Waals surface area contributed by atoms with Crippen molar-refractivity contribution < 1.29 is 4.74 Å². The van der Waals surface area contributed by atoms with Crippen molar-refractivity contribution >= 4 is 11.6 Å². The molecule has 1 fully saturated rings. The molecule has 1 atom stereocenters. The maximum atomic E-state index is 6.28. The number of likely N-dealkylation sites (tertiary alicyclic amines) is 1. The van der Waals surface area contributed by atoms with Gasteiger partial charge in [0.1, 0.15) is 5.15 Å². The maximum Gasteiger partial charge on any atom is 0.131 e. The quantitative estimate of drug-likeness (QED) is 0.825. The molecule has 17 heavy (non-hydrogen) atoms. The fourth-order valence-corrected chi connectivity index (χ4v) is 2.60. The Morgan fingerprint density at radius 1 is 1.53 bits per heavy atom. The van der Waals surface area contributed by atoms with Gasteiger partial charge in [-0.15, -0.1) is 0 Å². The summed E-state index contributed by atoms with van der Waals surface area (Å²) in [5.41, 5.74) is 2.28. The zero-order valence-electron chi connectivity index (χ0n) is 10.7. The molecule has 0 aliphatic carbocycles. The lowest BCUT2D eigenvalue weighted by atomic mass is 10.2. The number of methoxy groups -OCH3 is 1. The highest BCUT2D eigenvalue weighted by Crippen LogP contribution is 2.24. The number of ether oxygens (including phenoxy) is 1. The van der Waals surface area contributed by atoms with Crippen LogP contribution < -0.4 is 0 Å². The first-order chi connectivity index (χ1) is 8.15. The molecule has 0 aromatic carbocycles. The van der Waals surface area contributed by atoms with Crippen molar-refractivity contribution in [3.05, 3.63) is 16.4 Å². The van der Waals surface area contributed by atoms with Crippen molar-refractivity contribution in [1.82, 2.24) is 14.7 Å². The molecule has 96 valence electrons. The Morgan fingerprint density at radius 2 is 2.29 bits per heavy atom. The summed E-state index contributed by atoms with van der Waals surface area (Å²) in [5.74, 6) is 0. The monoisotopic (exact) mass is 257 g/mol. The average molecular weight is 258 g/mol. The molecule has 1 aromatic heterocycles. The van der Waals surface area contributed by atoms with Gasteiger partial charge in [0, 0.05) is 39.4 Å². The topological polar surface area (TPSA) is 30.3 Å². The van der Waals surface area contributed by atoms with Crippen LogP contribution in [0.4, 0.5) is 0 Å². The number of rotatable bonds is 4. The molecule has 0 unspecified atom stereocenters. The fourth-order valence-electron chi connectivity index (χ4n) is 2.40. The van der Waals surface area contributed by atoms with Crippen molar-refractivity contribution in [1.29, 1.82) is 0 Å². The summed E-state index contributed by atoms with van der Waals surface area (Å²) in [6, 6.07) is 0. The molecular formula is C12H20ClN3O. The first-order valence-electron chi connectivity index (χ1n) is 6.11. The van der Waals surface area contributed by atoms with E-state index in [1.807, 2.05) is 7.05 Å². The Balaban J connectivity index is 2.08. The Labute approximate surface area is 107 Å². The molecule has 1 aliphatic heterocycles. The summed E-state index contributed by atoms with van der Waals surface area (Å²) in [7, 11) is 3.68. The average Bonchev–Trinajstić information content (AvgIpc) is 2.89. The summed E-state index contributed by atoms with van der Waals surface area (Å²) in [6.07, 6.45) is 2.41. The fraction of sp³-hybridized carbons (Fsp3) is 0.750. The summed E-state index contributed by atoms with van der Waals surface area (Å²) < 4.78 is 7.14. The minimum Gasteiger partial charge on any atom is -0.380 e. The molecule has 1 aliphatic rings. The number of halogens is 1. The van der Waals surface area contributed by atoms with Crippen LogP contribution in [0.15, 0.2) is 0 Å². The van der Waals surface area contributed by atoms with Crippen LogP contribution in [0.5, 0.6) is 0 Å². The Kier molecular flexibility index (Phi) is 4.07. The number of hydrogen-bond acceptors (Lipinski definition) is 3. The van der Waals surface area contributed by atoms with E-state index in [-0.39, 0.29) is 0 Å². The highest BCUT2D eigenvalue weighted by molar-refractivity contribution is 6.30. The van der Waals surface area contributed by atoms with Crippen LogP contribution in [0, 0.1) is 0 Å². The lowest BCUT2D eigenvalue weighted by Crippen LogP contribution is -2.22. The van der Waals surface area contributed by atoms with E-state index in [0.717, 1.165) is 43.3 Å². The molecule has 0 bridgehead atoms. The van der Waals surface area contributed by atoms with Gasteiger partial charge in [0.05, 0.1) is 11.8 Å². The zero-order chi connectivity index (χ0) is 12.4. The molecule has 1 aromatic rings.